The number of nitrogens with one attached hydrogen (secondary N) is 2. The van der Waals surface area contributed by atoms with Gasteiger partial charge in [0.05, 0.1) is 0 Å². The molecule has 98 valence electrons. The fourth-order valence-corrected chi connectivity index (χ4v) is 1.38. The van der Waals surface area contributed by atoms with Crippen molar-refractivity contribution in [1.29, 1.82) is 0 Å². The van der Waals surface area contributed by atoms with E-state index in [2.05, 4.69) is 29.8 Å². The van der Waals surface area contributed by atoms with Crippen LogP contribution < -0.4 is 10.6 Å². The molecule has 0 atom stereocenters. The summed E-state index contributed by atoms with van der Waals surface area (Å²) in [6.45, 7) is 6.35. The molecule has 0 heterocycles. The molecule has 0 aromatic heterocycles. The van der Waals surface area contributed by atoms with Crippen molar-refractivity contribution < 1.29 is 9.59 Å². The van der Waals surface area contributed by atoms with Gasteiger partial charge in [-0.25, -0.2) is 0 Å². The Labute approximate surface area is 109 Å². The molecule has 0 aliphatic heterocycles. The van der Waals surface area contributed by atoms with Gasteiger partial charge in [0.25, 0.3) is 0 Å². The highest BCUT2D eigenvalue weighted by atomic mass is 32.1. The van der Waals surface area contributed by atoms with E-state index in [1.54, 1.807) is 6.92 Å². The predicted molar refractivity (Wildman–Crippen MR) is 73.2 cm³/mol. The van der Waals surface area contributed by atoms with E-state index in [0.29, 0.717) is 25.1 Å². The maximum atomic E-state index is 11.3. The van der Waals surface area contributed by atoms with E-state index in [4.69, 9.17) is 0 Å². The molecule has 0 aromatic rings. The van der Waals surface area contributed by atoms with E-state index in [9.17, 15) is 9.59 Å². The van der Waals surface area contributed by atoms with Crippen LogP contribution in [0.15, 0.2) is 12.2 Å². The van der Waals surface area contributed by atoms with Crippen molar-refractivity contribution in [3.05, 3.63) is 12.2 Å². The van der Waals surface area contributed by atoms with Crippen LogP contribution in [0.5, 0.6) is 0 Å². The highest BCUT2D eigenvalue weighted by Gasteiger charge is 2.01. The van der Waals surface area contributed by atoms with Gasteiger partial charge in [0.1, 0.15) is 0 Å². The number of hydrogen-bond donors (Lipinski definition) is 3. The number of amides is 2. The molecule has 17 heavy (non-hydrogen) atoms. The largest absolute Gasteiger partial charge is 0.356 e. The van der Waals surface area contributed by atoms with E-state index in [0.717, 1.165) is 25.0 Å². The van der Waals surface area contributed by atoms with Gasteiger partial charge in [0.2, 0.25) is 11.8 Å². The second-order valence-electron chi connectivity index (χ2n) is 3.92. The average molecular weight is 258 g/mol. The highest BCUT2D eigenvalue weighted by Crippen LogP contribution is 1.96. The van der Waals surface area contributed by atoms with E-state index in [1.807, 2.05) is 0 Å². The third kappa shape index (κ3) is 9.93. The summed E-state index contributed by atoms with van der Waals surface area (Å²) in [6.07, 6.45) is 3.13. The Morgan fingerprint density at radius 1 is 1.12 bits per heavy atom. The summed E-state index contributed by atoms with van der Waals surface area (Å²) in [5.74, 6) is 0.753. The standard InChI is InChI=1S/C12H22N2O2S/c1-10(2)12(16)14-8-5-7-13-11(15)6-3-4-9-17/h17H,1,3-9H2,2H3,(H,13,15)(H,14,16). The predicted octanol–water partition coefficient (Wildman–Crippen LogP) is 1.29. The molecule has 0 fully saturated rings. The van der Waals surface area contributed by atoms with Crippen LogP contribution in [0.2, 0.25) is 0 Å². The summed E-state index contributed by atoms with van der Waals surface area (Å²) in [4.78, 5) is 22.4. The number of carbonyl (C=O) groups excluding carboxylic acids is 2. The van der Waals surface area contributed by atoms with Crippen LogP contribution in [0.3, 0.4) is 0 Å². The van der Waals surface area contributed by atoms with Gasteiger partial charge in [-0.05, 0) is 31.9 Å². The lowest BCUT2D eigenvalue weighted by atomic mass is 10.2. The third-order valence-corrected chi connectivity index (χ3v) is 2.48. The van der Waals surface area contributed by atoms with Gasteiger partial charge < -0.3 is 10.6 Å². The van der Waals surface area contributed by atoms with Crippen LogP contribution in [-0.4, -0.2) is 30.7 Å². The quantitative estimate of drug-likeness (QED) is 0.331. The van der Waals surface area contributed by atoms with Crippen molar-refractivity contribution in [2.24, 2.45) is 0 Å². The Balaban J connectivity index is 3.36. The molecule has 4 nitrogen and oxygen atoms in total. The van der Waals surface area contributed by atoms with Crippen molar-refractivity contribution in [1.82, 2.24) is 10.6 Å². The highest BCUT2D eigenvalue weighted by molar-refractivity contribution is 7.80. The number of unbranched alkanes of at least 4 members (excludes halogenated alkanes) is 1. The van der Waals surface area contributed by atoms with E-state index in [1.165, 1.54) is 0 Å². The second-order valence-corrected chi connectivity index (χ2v) is 4.37. The summed E-state index contributed by atoms with van der Waals surface area (Å²) in [5, 5.41) is 5.52. The first-order valence-electron chi connectivity index (χ1n) is 5.89. The van der Waals surface area contributed by atoms with E-state index >= 15 is 0 Å². The molecule has 0 unspecified atom stereocenters. The molecular formula is C12H22N2O2S. The lowest BCUT2D eigenvalue weighted by Gasteiger charge is -2.06. The molecule has 0 aromatic carbocycles. The summed E-state index contributed by atoms with van der Waals surface area (Å²) in [6, 6.07) is 0. The van der Waals surface area contributed by atoms with Crippen molar-refractivity contribution >= 4 is 24.4 Å². The molecule has 2 amide bonds. The summed E-state index contributed by atoms with van der Waals surface area (Å²) < 4.78 is 0. The van der Waals surface area contributed by atoms with Crippen LogP contribution in [0.1, 0.15) is 32.6 Å². The molecule has 2 N–H and O–H groups in total. The number of carbonyl (C=O) groups is 2. The summed E-state index contributed by atoms with van der Waals surface area (Å²) >= 11 is 4.08. The second kappa shape index (κ2) is 10.2. The Hall–Kier alpha value is -0.970. The molecule has 0 aliphatic carbocycles. The van der Waals surface area contributed by atoms with Crippen molar-refractivity contribution in [2.75, 3.05) is 18.8 Å². The topological polar surface area (TPSA) is 58.2 Å². The monoisotopic (exact) mass is 258 g/mol. The van der Waals surface area contributed by atoms with Crippen LogP contribution >= 0.6 is 12.6 Å². The molecule has 0 aliphatic rings. The molecule has 0 radical (unpaired) electrons. The molecule has 0 bridgehead atoms. The molecular weight excluding hydrogens is 236 g/mol. The zero-order valence-electron chi connectivity index (χ0n) is 10.4. The molecule has 0 saturated heterocycles. The number of rotatable bonds is 9. The van der Waals surface area contributed by atoms with Gasteiger partial charge in [-0.2, -0.15) is 12.6 Å². The van der Waals surface area contributed by atoms with Crippen molar-refractivity contribution in [3.63, 3.8) is 0 Å². The van der Waals surface area contributed by atoms with Gasteiger partial charge in [-0.1, -0.05) is 6.58 Å². The Bertz CT molecular complexity index is 267. The van der Waals surface area contributed by atoms with Crippen molar-refractivity contribution in [3.8, 4) is 0 Å². The fraction of sp³-hybridized carbons (Fsp3) is 0.667. The van der Waals surface area contributed by atoms with Crippen LogP contribution in [0, 0.1) is 0 Å². The fourth-order valence-electron chi connectivity index (χ4n) is 1.15. The normalized spacial score (nSPS) is 9.76. The van der Waals surface area contributed by atoms with Crippen LogP contribution in [0.4, 0.5) is 0 Å². The number of hydrogen-bond acceptors (Lipinski definition) is 3. The molecule has 0 rings (SSSR count). The zero-order valence-corrected chi connectivity index (χ0v) is 11.3. The maximum absolute atomic E-state index is 11.3. The van der Waals surface area contributed by atoms with Gasteiger partial charge >= 0.3 is 0 Å². The summed E-state index contributed by atoms with van der Waals surface area (Å²) in [7, 11) is 0. The van der Waals surface area contributed by atoms with Gasteiger partial charge in [0, 0.05) is 25.1 Å². The Kier molecular flexibility index (Phi) is 9.62. The van der Waals surface area contributed by atoms with E-state index in [-0.39, 0.29) is 11.8 Å². The van der Waals surface area contributed by atoms with Gasteiger partial charge in [-0.3, -0.25) is 9.59 Å². The van der Waals surface area contributed by atoms with Crippen LogP contribution in [0.25, 0.3) is 0 Å². The SMILES string of the molecule is C=C(C)C(=O)NCCCNC(=O)CCCCS. The Morgan fingerprint density at radius 3 is 2.35 bits per heavy atom. The maximum Gasteiger partial charge on any atom is 0.246 e. The third-order valence-electron chi connectivity index (χ3n) is 2.16. The molecule has 0 spiro atoms. The lowest BCUT2D eigenvalue weighted by Crippen LogP contribution is -2.29. The van der Waals surface area contributed by atoms with Crippen molar-refractivity contribution in [2.45, 2.75) is 32.6 Å². The zero-order chi connectivity index (χ0) is 13.1. The Morgan fingerprint density at radius 2 is 1.76 bits per heavy atom. The molecule has 5 heteroatoms. The molecule has 0 saturated carbocycles. The van der Waals surface area contributed by atoms with Crippen LogP contribution in [-0.2, 0) is 9.59 Å². The first-order valence-corrected chi connectivity index (χ1v) is 6.52. The number of thiol groups is 1. The van der Waals surface area contributed by atoms with E-state index < -0.39 is 0 Å². The first-order chi connectivity index (χ1) is 8.07. The minimum absolute atomic E-state index is 0.0676. The minimum atomic E-state index is -0.134. The van der Waals surface area contributed by atoms with Gasteiger partial charge in [0.15, 0.2) is 0 Å². The summed E-state index contributed by atoms with van der Waals surface area (Å²) in [5.41, 5.74) is 0.501. The smallest absolute Gasteiger partial charge is 0.246 e. The minimum Gasteiger partial charge on any atom is -0.356 e. The van der Waals surface area contributed by atoms with Gasteiger partial charge in [-0.15, -0.1) is 0 Å². The average Bonchev–Trinajstić information content (AvgIpc) is 2.28. The lowest BCUT2D eigenvalue weighted by molar-refractivity contribution is -0.121. The first kappa shape index (κ1) is 16.0.